The van der Waals surface area contributed by atoms with Crippen LogP contribution in [0, 0.1) is 0 Å². The number of likely N-dealkylation sites (tertiary alicyclic amines) is 1. The van der Waals surface area contributed by atoms with Crippen LogP contribution in [0.5, 0.6) is 0 Å². The van der Waals surface area contributed by atoms with Gasteiger partial charge in [-0.2, -0.15) is 0 Å². The Morgan fingerprint density at radius 2 is 2.23 bits per heavy atom. The summed E-state index contributed by atoms with van der Waals surface area (Å²) in [5.41, 5.74) is 0. The summed E-state index contributed by atoms with van der Waals surface area (Å²) in [5.74, 6) is 0. The highest BCUT2D eigenvalue weighted by molar-refractivity contribution is 4.75. The number of aliphatic hydroxyl groups is 1. The van der Waals surface area contributed by atoms with Gasteiger partial charge in [-0.3, -0.25) is 4.90 Å². The molecule has 3 heteroatoms. The molecule has 1 rings (SSSR count). The van der Waals surface area contributed by atoms with E-state index in [-0.39, 0.29) is 6.61 Å². The standard InChI is InChI=1S/C10H22N2O/c1-11-6-4-3-5-10(9-11)12(2)7-8-13/h10,13H,3-9H2,1-2H3. The van der Waals surface area contributed by atoms with Crippen LogP contribution in [-0.4, -0.2) is 61.3 Å². The van der Waals surface area contributed by atoms with E-state index in [1.807, 2.05) is 0 Å². The Labute approximate surface area is 81.3 Å². The average molecular weight is 186 g/mol. The first kappa shape index (κ1) is 11.0. The second-order valence-electron chi connectivity index (χ2n) is 4.12. The molecule has 1 aliphatic heterocycles. The van der Waals surface area contributed by atoms with Crippen molar-refractivity contribution < 1.29 is 5.11 Å². The second kappa shape index (κ2) is 5.58. The van der Waals surface area contributed by atoms with E-state index in [0.29, 0.717) is 6.04 Å². The van der Waals surface area contributed by atoms with Gasteiger partial charge in [0.25, 0.3) is 0 Å². The van der Waals surface area contributed by atoms with Crippen molar-refractivity contribution in [3.63, 3.8) is 0 Å². The molecular formula is C10H22N2O. The second-order valence-corrected chi connectivity index (χ2v) is 4.12. The van der Waals surface area contributed by atoms with Crippen molar-refractivity contribution in [3.05, 3.63) is 0 Å². The van der Waals surface area contributed by atoms with Crippen LogP contribution in [0.4, 0.5) is 0 Å². The molecule has 1 N–H and O–H groups in total. The zero-order chi connectivity index (χ0) is 9.68. The normalized spacial score (nSPS) is 26.3. The minimum Gasteiger partial charge on any atom is -0.395 e. The summed E-state index contributed by atoms with van der Waals surface area (Å²) in [6.45, 7) is 3.45. The lowest BCUT2D eigenvalue weighted by atomic mass is 10.1. The molecule has 0 bridgehead atoms. The molecule has 0 aromatic rings. The number of hydrogen-bond acceptors (Lipinski definition) is 3. The minimum absolute atomic E-state index is 0.275. The molecule has 78 valence electrons. The number of aliphatic hydroxyl groups excluding tert-OH is 1. The Kier molecular flexibility index (Phi) is 4.70. The third kappa shape index (κ3) is 3.63. The van der Waals surface area contributed by atoms with Crippen molar-refractivity contribution in [2.75, 3.05) is 40.3 Å². The van der Waals surface area contributed by atoms with Crippen LogP contribution in [0.3, 0.4) is 0 Å². The molecule has 1 saturated heterocycles. The van der Waals surface area contributed by atoms with E-state index in [0.717, 1.165) is 13.1 Å². The van der Waals surface area contributed by atoms with Crippen LogP contribution < -0.4 is 0 Å². The fraction of sp³-hybridized carbons (Fsp3) is 1.00. The van der Waals surface area contributed by atoms with Gasteiger partial charge in [0.05, 0.1) is 6.61 Å². The van der Waals surface area contributed by atoms with Gasteiger partial charge in [-0.05, 0) is 33.5 Å². The predicted molar refractivity (Wildman–Crippen MR) is 54.9 cm³/mol. The van der Waals surface area contributed by atoms with Crippen LogP contribution in [0.1, 0.15) is 19.3 Å². The maximum absolute atomic E-state index is 8.85. The van der Waals surface area contributed by atoms with Gasteiger partial charge in [0, 0.05) is 19.1 Å². The minimum atomic E-state index is 0.275. The highest BCUT2D eigenvalue weighted by Crippen LogP contribution is 2.13. The van der Waals surface area contributed by atoms with Crippen molar-refractivity contribution in [1.29, 1.82) is 0 Å². The molecule has 0 aromatic carbocycles. The lowest BCUT2D eigenvalue weighted by molar-refractivity contribution is 0.153. The molecule has 0 spiro atoms. The first-order valence-electron chi connectivity index (χ1n) is 5.23. The monoisotopic (exact) mass is 186 g/mol. The Hall–Kier alpha value is -0.120. The Bertz CT molecular complexity index is 141. The van der Waals surface area contributed by atoms with Crippen molar-refractivity contribution >= 4 is 0 Å². The quantitative estimate of drug-likeness (QED) is 0.691. The van der Waals surface area contributed by atoms with Crippen molar-refractivity contribution in [3.8, 4) is 0 Å². The third-order valence-electron chi connectivity index (χ3n) is 2.93. The topological polar surface area (TPSA) is 26.7 Å². The fourth-order valence-electron chi connectivity index (χ4n) is 2.00. The van der Waals surface area contributed by atoms with E-state index in [9.17, 15) is 0 Å². The molecule has 1 aliphatic rings. The molecule has 0 aliphatic carbocycles. The molecule has 1 atom stereocenters. The van der Waals surface area contributed by atoms with Gasteiger partial charge in [-0.25, -0.2) is 0 Å². The van der Waals surface area contributed by atoms with E-state index in [1.54, 1.807) is 0 Å². The highest BCUT2D eigenvalue weighted by atomic mass is 16.3. The summed E-state index contributed by atoms with van der Waals surface area (Å²) in [6.07, 6.45) is 3.92. The smallest absolute Gasteiger partial charge is 0.0558 e. The van der Waals surface area contributed by atoms with Crippen LogP contribution in [0.2, 0.25) is 0 Å². The summed E-state index contributed by atoms with van der Waals surface area (Å²) >= 11 is 0. The molecule has 0 amide bonds. The molecular weight excluding hydrogens is 164 g/mol. The van der Waals surface area contributed by atoms with Crippen LogP contribution in [-0.2, 0) is 0 Å². The van der Waals surface area contributed by atoms with Gasteiger partial charge < -0.3 is 10.0 Å². The fourth-order valence-corrected chi connectivity index (χ4v) is 2.00. The van der Waals surface area contributed by atoms with E-state index in [2.05, 4.69) is 23.9 Å². The van der Waals surface area contributed by atoms with Gasteiger partial charge in [0.15, 0.2) is 0 Å². The van der Waals surface area contributed by atoms with E-state index in [1.165, 1.54) is 25.8 Å². The van der Waals surface area contributed by atoms with Gasteiger partial charge in [0.2, 0.25) is 0 Å². The average Bonchev–Trinajstić information content (AvgIpc) is 2.30. The molecule has 0 radical (unpaired) electrons. The first-order chi connectivity index (χ1) is 6.24. The van der Waals surface area contributed by atoms with Gasteiger partial charge in [-0.1, -0.05) is 6.42 Å². The van der Waals surface area contributed by atoms with Crippen LogP contribution in [0.25, 0.3) is 0 Å². The van der Waals surface area contributed by atoms with E-state index < -0.39 is 0 Å². The highest BCUT2D eigenvalue weighted by Gasteiger charge is 2.18. The van der Waals surface area contributed by atoms with Crippen LogP contribution >= 0.6 is 0 Å². The van der Waals surface area contributed by atoms with Crippen molar-refractivity contribution in [2.45, 2.75) is 25.3 Å². The van der Waals surface area contributed by atoms with E-state index >= 15 is 0 Å². The molecule has 1 unspecified atom stereocenters. The summed E-state index contributed by atoms with van der Waals surface area (Å²) in [4.78, 5) is 4.67. The molecule has 13 heavy (non-hydrogen) atoms. The molecule has 1 heterocycles. The van der Waals surface area contributed by atoms with Gasteiger partial charge >= 0.3 is 0 Å². The number of nitrogens with zero attached hydrogens (tertiary/aromatic N) is 2. The van der Waals surface area contributed by atoms with E-state index in [4.69, 9.17) is 5.11 Å². The number of hydrogen-bond donors (Lipinski definition) is 1. The van der Waals surface area contributed by atoms with Gasteiger partial charge in [0.1, 0.15) is 0 Å². The zero-order valence-electron chi connectivity index (χ0n) is 8.87. The van der Waals surface area contributed by atoms with Gasteiger partial charge in [-0.15, -0.1) is 0 Å². The Morgan fingerprint density at radius 1 is 1.46 bits per heavy atom. The summed E-state index contributed by atoms with van der Waals surface area (Å²) < 4.78 is 0. The first-order valence-corrected chi connectivity index (χ1v) is 5.23. The Morgan fingerprint density at radius 3 is 2.92 bits per heavy atom. The molecule has 0 aromatic heterocycles. The summed E-state index contributed by atoms with van der Waals surface area (Å²) in [6, 6.07) is 0.639. The summed E-state index contributed by atoms with van der Waals surface area (Å²) in [7, 11) is 4.30. The van der Waals surface area contributed by atoms with Crippen molar-refractivity contribution in [2.24, 2.45) is 0 Å². The lowest BCUT2D eigenvalue weighted by Crippen LogP contribution is -2.40. The zero-order valence-corrected chi connectivity index (χ0v) is 8.87. The third-order valence-corrected chi connectivity index (χ3v) is 2.93. The molecule has 0 saturated carbocycles. The largest absolute Gasteiger partial charge is 0.395 e. The number of likely N-dealkylation sites (N-methyl/N-ethyl adjacent to an activating group) is 2. The number of rotatable bonds is 3. The van der Waals surface area contributed by atoms with Crippen LogP contribution in [0.15, 0.2) is 0 Å². The predicted octanol–water partition coefficient (Wildman–Crippen LogP) is 0.395. The molecule has 1 fully saturated rings. The summed E-state index contributed by atoms with van der Waals surface area (Å²) in [5, 5.41) is 8.85. The lowest BCUT2D eigenvalue weighted by Gasteiger charge is -2.28. The Balaban J connectivity index is 2.37. The SMILES string of the molecule is CN1CCCCC(N(C)CCO)C1. The maximum atomic E-state index is 8.85. The molecule has 3 nitrogen and oxygen atoms in total. The van der Waals surface area contributed by atoms with Crippen molar-refractivity contribution in [1.82, 2.24) is 9.80 Å². The maximum Gasteiger partial charge on any atom is 0.0558 e.